The van der Waals surface area contributed by atoms with Gasteiger partial charge in [0.25, 0.3) is 0 Å². The fourth-order valence-corrected chi connectivity index (χ4v) is 1.72. The predicted octanol–water partition coefficient (Wildman–Crippen LogP) is 3.65. The number of rotatable bonds is 2. The van der Waals surface area contributed by atoms with E-state index < -0.39 is 0 Å². The quantitative estimate of drug-likeness (QED) is 0.721. The first-order valence-electron chi connectivity index (χ1n) is 5.57. The summed E-state index contributed by atoms with van der Waals surface area (Å²) in [5.74, 6) is 0. The average molecular weight is 211 g/mol. The molecule has 1 aliphatic carbocycles. The third-order valence-electron chi connectivity index (χ3n) is 2.67. The Morgan fingerprint density at radius 1 is 1.06 bits per heavy atom. The van der Waals surface area contributed by atoms with Crippen LogP contribution in [0.3, 0.4) is 0 Å². The second-order valence-corrected chi connectivity index (χ2v) is 4.20. The summed E-state index contributed by atoms with van der Waals surface area (Å²) in [5.41, 5.74) is 3.86. The zero-order valence-electron chi connectivity index (χ0n) is 9.85. The van der Waals surface area contributed by atoms with E-state index in [0.29, 0.717) is 0 Å². The summed E-state index contributed by atoms with van der Waals surface area (Å²) in [6, 6.07) is 8.62. The van der Waals surface area contributed by atoms with Crippen molar-refractivity contribution in [3.63, 3.8) is 0 Å². The van der Waals surface area contributed by atoms with Gasteiger partial charge in [-0.3, -0.25) is 0 Å². The molecule has 0 unspecified atom stereocenters. The molecule has 1 heteroatoms. The Balaban J connectivity index is 2.16. The van der Waals surface area contributed by atoms with E-state index in [0.717, 1.165) is 6.42 Å². The molecule has 0 spiro atoms. The zero-order chi connectivity index (χ0) is 11.4. The molecule has 1 aliphatic rings. The molecule has 0 radical (unpaired) electrons. The van der Waals surface area contributed by atoms with Crippen LogP contribution in [0.5, 0.6) is 0 Å². The van der Waals surface area contributed by atoms with Crippen LogP contribution < -0.4 is 4.90 Å². The maximum Gasteiger partial charge on any atom is 0.0361 e. The van der Waals surface area contributed by atoms with Crippen LogP contribution in [0.15, 0.2) is 54.1 Å². The van der Waals surface area contributed by atoms with Crippen molar-refractivity contribution in [3.8, 4) is 0 Å². The van der Waals surface area contributed by atoms with Gasteiger partial charge in [-0.25, -0.2) is 0 Å². The molecule has 2 rings (SSSR count). The summed E-state index contributed by atoms with van der Waals surface area (Å²) in [7, 11) is 4.12. The minimum absolute atomic E-state index is 1.03. The molecule has 1 aromatic carbocycles. The Hall–Kier alpha value is -1.76. The maximum absolute atomic E-state index is 2.24. The molecule has 0 aliphatic heterocycles. The molecule has 0 heterocycles. The van der Waals surface area contributed by atoms with E-state index in [9.17, 15) is 0 Å². The molecule has 0 N–H and O–H groups in total. The number of nitrogens with zero attached hydrogens (tertiary/aromatic N) is 1. The molecule has 0 saturated carbocycles. The van der Waals surface area contributed by atoms with Gasteiger partial charge >= 0.3 is 0 Å². The Morgan fingerprint density at radius 2 is 1.81 bits per heavy atom. The highest BCUT2D eigenvalue weighted by Gasteiger charge is 1.96. The fourth-order valence-electron chi connectivity index (χ4n) is 1.72. The van der Waals surface area contributed by atoms with Crippen LogP contribution in [-0.2, 0) is 0 Å². The molecule has 1 nitrogen and oxygen atoms in total. The zero-order valence-corrected chi connectivity index (χ0v) is 9.85. The Morgan fingerprint density at radius 3 is 2.38 bits per heavy atom. The van der Waals surface area contributed by atoms with Gasteiger partial charge < -0.3 is 4.90 Å². The van der Waals surface area contributed by atoms with Crippen LogP contribution in [0.4, 0.5) is 5.69 Å². The third-order valence-corrected chi connectivity index (χ3v) is 2.67. The second-order valence-electron chi connectivity index (χ2n) is 4.20. The largest absolute Gasteiger partial charge is 0.378 e. The van der Waals surface area contributed by atoms with Crippen molar-refractivity contribution >= 4 is 11.8 Å². The molecule has 0 saturated heterocycles. The number of anilines is 1. The number of allylic oxidation sites excluding steroid dienone is 5. The van der Waals surface area contributed by atoms with Crippen LogP contribution in [0.1, 0.15) is 12.0 Å². The lowest BCUT2D eigenvalue weighted by atomic mass is 10.0. The molecule has 0 aromatic heterocycles. The van der Waals surface area contributed by atoms with Crippen molar-refractivity contribution in [3.05, 3.63) is 59.7 Å². The molecule has 0 atom stereocenters. The molecule has 82 valence electrons. The molecule has 16 heavy (non-hydrogen) atoms. The lowest BCUT2D eigenvalue weighted by Gasteiger charge is -2.12. The van der Waals surface area contributed by atoms with Crippen LogP contribution in [0.2, 0.25) is 0 Å². The van der Waals surface area contributed by atoms with E-state index in [-0.39, 0.29) is 0 Å². The van der Waals surface area contributed by atoms with Crippen LogP contribution in [0.25, 0.3) is 6.08 Å². The van der Waals surface area contributed by atoms with Gasteiger partial charge in [0.05, 0.1) is 0 Å². The average Bonchev–Trinajstić information content (AvgIpc) is 2.31. The highest BCUT2D eigenvalue weighted by molar-refractivity contribution is 5.60. The number of hydrogen-bond acceptors (Lipinski definition) is 1. The van der Waals surface area contributed by atoms with Gasteiger partial charge in [0.15, 0.2) is 0 Å². The highest BCUT2D eigenvalue weighted by atomic mass is 15.1. The van der Waals surface area contributed by atoms with Crippen molar-refractivity contribution < 1.29 is 0 Å². The fraction of sp³-hybridized carbons (Fsp3) is 0.200. The van der Waals surface area contributed by atoms with E-state index in [1.165, 1.54) is 16.8 Å². The van der Waals surface area contributed by atoms with Crippen LogP contribution in [0, 0.1) is 0 Å². The molecular formula is C15H17N. The Bertz CT molecular complexity index is 433. The van der Waals surface area contributed by atoms with Gasteiger partial charge in [-0.2, -0.15) is 0 Å². The summed E-state index contributed by atoms with van der Waals surface area (Å²) < 4.78 is 0. The molecule has 1 aromatic rings. The summed E-state index contributed by atoms with van der Waals surface area (Å²) in [4.78, 5) is 2.11. The van der Waals surface area contributed by atoms with Gasteiger partial charge in [-0.15, -0.1) is 0 Å². The van der Waals surface area contributed by atoms with Gasteiger partial charge in [-0.1, -0.05) is 42.5 Å². The molecule has 0 bridgehead atoms. The van der Waals surface area contributed by atoms with E-state index in [1.807, 2.05) is 0 Å². The Labute approximate surface area is 97.4 Å². The summed E-state index contributed by atoms with van der Waals surface area (Å²) in [6.07, 6.45) is 11.8. The van der Waals surface area contributed by atoms with Gasteiger partial charge in [0.2, 0.25) is 0 Å². The normalized spacial score (nSPS) is 16.8. The minimum atomic E-state index is 1.03. The van der Waals surface area contributed by atoms with Crippen molar-refractivity contribution in [2.75, 3.05) is 19.0 Å². The standard InChI is InChI=1S/C15H17N/c1-16(2)15-10-8-14(9-11-15)12-13-6-4-3-5-7-13/h3-6,8-12H,7H2,1-2H3/b13-12+. The molecular weight excluding hydrogens is 194 g/mol. The van der Waals surface area contributed by atoms with E-state index in [2.05, 4.69) is 73.6 Å². The van der Waals surface area contributed by atoms with Crippen LogP contribution in [-0.4, -0.2) is 14.1 Å². The van der Waals surface area contributed by atoms with Crippen molar-refractivity contribution in [1.82, 2.24) is 0 Å². The van der Waals surface area contributed by atoms with E-state index in [4.69, 9.17) is 0 Å². The van der Waals surface area contributed by atoms with Crippen molar-refractivity contribution in [2.45, 2.75) is 6.42 Å². The first kappa shape index (κ1) is 10.7. The third kappa shape index (κ3) is 2.63. The van der Waals surface area contributed by atoms with Gasteiger partial charge in [0, 0.05) is 19.8 Å². The lowest BCUT2D eigenvalue weighted by molar-refractivity contribution is 1.13. The topological polar surface area (TPSA) is 3.24 Å². The second kappa shape index (κ2) is 4.84. The predicted molar refractivity (Wildman–Crippen MR) is 71.6 cm³/mol. The first-order chi connectivity index (χ1) is 7.75. The number of benzene rings is 1. The highest BCUT2D eigenvalue weighted by Crippen LogP contribution is 2.17. The SMILES string of the molecule is CN(C)c1ccc(/C=C2\C=CC=CC2)cc1. The molecule has 0 amide bonds. The van der Waals surface area contributed by atoms with Gasteiger partial charge in [0.1, 0.15) is 0 Å². The monoisotopic (exact) mass is 211 g/mol. The summed E-state index contributed by atoms with van der Waals surface area (Å²) >= 11 is 0. The lowest BCUT2D eigenvalue weighted by Crippen LogP contribution is -2.07. The first-order valence-corrected chi connectivity index (χ1v) is 5.57. The smallest absolute Gasteiger partial charge is 0.0361 e. The van der Waals surface area contributed by atoms with E-state index >= 15 is 0 Å². The Kier molecular flexibility index (Phi) is 3.25. The maximum atomic E-state index is 2.24. The van der Waals surface area contributed by atoms with Crippen LogP contribution >= 0.6 is 0 Å². The summed E-state index contributed by atoms with van der Waals surface area (Å²) in [6.45, 7) is 0. The summed E-state index contributed by atoms with van der Waals surface area (Å²) in [5, 5.41) is 0. The minimum Gasteiger partial charge on any atom is -0.378 e. The van der Waals surface area contributed by atoms with Crippen molar-refractivity contribution in [2.24, 2.45) is 0 Å². The van der Waals surface area contributed by atoms with E-state index in [1.54, 1.807) is 0 Å². The van der Waals surface area contributed by atoms with Gasteiger partial charge in [-0.05, 0) is 29.7 Å². The molecule has 0 fully saturated rings. The van der Waals surface area contributed by atoms with Crippen molar-refractivity contribution in [1.29, 1.82) is 0 Å². The number of hydrogen-bond donors (Lipinski definition) is 0.